The number of rotatable bonds is 4. The standard InChI is InChI=1S/C16H18BF3N2O3/c1-11-15(2,3)25-17(24-11)13-8-21-22(10-13)9-12-4-6-14(7-5-12)23-16(18,19)20/h4-8,10-11H,9H2,1-3H3. The number of nitrogens with zero attached hydrogens (tertiary/aromatic N) is 2. The maximum Gasteiger partial charge on any atom is 0.573 e. The van der Waals surface area contributed by atoms with Gasteiger partial charge in [0.15, 0.2) is 0 Å². The van der Waals surface area contributed by atoms with Crippen LogP contribution in [0.15, 0.2) is 36.7 Å². The molecule has 0 radical (unpaired) electrons. The van der Waals surface area contributed by atoms with Crippen LogP contribution in [0.5, 0.6) is 5.75 Å². The lowest BCUT2D eigenvalue weighted by molar-refractivity contribution is -0.274. The zero-order chi connectivity index (χ0) is 18.2. The van der Waals surface area contributed by atoms with Gasteiger partial charge >= 0.3 is 13.5 Å². The number of ether oxygens (including phenoxy) is 1. The van der Waals surface area contributed by atoms with Crippen LogP contribution < -0.4 is 10.2 Å². The molecule has 1 atom stereocenters. The van der Waals surface area contributed by atoms with Crippen molar-refractivity contribution in [2.45, 2.75) is 45.4 Å². The van der Waals surface area contributed by atoms with E-state index in [9.17, 15) is 13.2 Å². The molecular formula is C16H18BF3N2O3. The van der Waals surface area contributed by atoms with Gasteiger partial charge in [-0.2, -0.15) is 5.10 Å². The zero-order valence-corrected chi connectivity index (χ0v) is 14.1. The van der Waals surface area contributed by atoms with Gasteiger partial charge in [-0.1, -0.05) is 12.1 Å². The van der Waals surface area contributed by atoms with E-state index in [0.29, 0.717) is 6.54 Å². The lowest BCUT2D eigenvalue weighted by atomic mass is 9.82. The van der Waals surface area contributed by atoms with Crippen molar-refractivity contribution in [3.05, 3.63) is 42.2 Å². The van der Waals surface area contributed by atoms with E-state index in [1.165, 1.54) is 12.1 Å². The first kappa shape index (κ1) is 17.8. The molecule has 1 aliphatic rings. The van der Waals surface area contributed by atoms with Gasteiger partial charge in [0.25, 0.3) is 0 Å². The second kappa shape index (κ2) is 6.38. The topological polar surface area (TPSA) is 45.5 Å². The van der Waals surface area contributed by atoms with Crippen molar-refractivity contribution in [3.8, 4) is 5.75 Å². The van der Waals surface area contributed by atoms with Crippen LogP contribution in [0.1, 0.15) is 26.3 Å². The smallest absolute Gasteiger partial charge is 0.406 e. The molecule has 1 aliphatic heterocycles. The normalized spacial score (nSPS) is 20.1. The summed E-state index contributed by atoms with van der Waals surface area (Å²) in [5, 5.41) is 4.26. The van der Waals surface area contributed by atoms with Gasteiger partial charge in [-0.05, 0) is 38.5 Å². The molecule has 1 aromatic heterocycles. The fraction of sp³-hybridized carbons (Fsp3) is 0.438. The van der Waals surface area contributed by atoms with Crippen molar-refractivity contribution in [1.29, 1.82) is 0 Å². The number of halogens is 3. The van der Waals surface area contributed by atoms with Crippen LogP contribution in [0, 0.1) is 0 Å². The van der Waals surface area contributed by atoms with Gasteiger partial charge in [-0.25, -0.2) is 0 Å². The van der Waals surface area contributed by atoms with E-state index < -0.39 is 13.5 Å². The molecule has 1 fully saturated rings. The minimum absolute atomic E-state index is 0.0398. The van der Waals surface area contributed by atoms with Crippen LogP contribution in [0.4, 0.5) is 13.2 Å². The first-order valence-electron chi connectivity index (χ1n) is 7.83. The summed E-state index contributed by atoms with van der Waals surface area (Å²) >= 11 is 0. The highest BCUT2D eigenvalue weighted by Gasteiger charge is 2.44. The van der Waals surface area contributed by atoms with E-state index in [0.717, 1.165) is 11.0 Å². The Hall–Kier alpha value is -2.00. The summed E-state index contributed by atoms with van der Waals surface area (Å²) in [6, 6.07) is 5.69. The molecule has 0 amide bonds. The van der Waals surface area contributed by atoms with Gasteiger partial charge in [0.1, 0.15) is 5.75 Å². The highest BCUT2D eigenvalue weighted by atomic mass is 19.4. The number of hydrogen-bond donors (Lipinski definition) is 0. The quantitative estimate of drug-likeness (QED) is 0.793. The number of hydrogen-bond acceptors (Lipinski definition) is 4. The third-order valence-electron chi connectivity index (χ3n) is 4.14. The molecule has 2 heterocycles. The van der Waals surface area contributed by atoms with Gasteiger partial charge in [-0.15, -0.1) is 13.2 Å². The van der Waals surface area contributed by atoms with Gasteiger partial charge in [-0.3, -0.25) is 4.68 Å². The van der Waals surface area contributed by atoms with E-state index >= 15 is 0 Å². The minimum Gasteiger partial charge on any atom is -0.406 e. The van der Waals surface area contributed by atoms with Crippen LogP contribution in [-0.2, 0) is 15.9 Å². The van der Waals surface area contributed by atoms with Crippen molar-refractivity contribution in [2.24, 2.45) is 0 Å². The van der Waals surface area contributed by atoms with Gasteiger partial charge in [0.05, 0.1) is 18.2 Å². The molecule has 1 unspecified atom stereocenters. The molecule has 9 heteroatoms. The monoisotopic (exact) mass is 354 g/mol. The summed E-state index contributed by atoms with van der Waals surface area (Å²) in [7, 11) is -0.471. The molecule has 3 rings (SSSR count). The molecule has 0 aliphatic carbocycles. The third-order valence-corrected chi connectivity index (χ3v) is 4.14. The first-order valence-corrected chi connectivity index (χ1v) is 7.83. The van der Waals surface area contributed by atoms with Crippen molar-refractivity contribution in [3.63, 3.8) is 0 Å². The van der Waals surface area contributed by atoms with E-state index in [2.05, 4.69) is 9.84 Å². The zero-order valence-electron chi connectivity index (χ0n) is 14.1. The van der Waals surface area contributed by atoms with E-state index in [1.807, 2.05) is 20.8 Å². The predicted octanol–water partition coefficient (Wildman–Crippen LogP) is 2.74. The maximum atomic E-state index is 12.2. The Morgan fingerprint density at radius 1 is 1.28 bits per heavy atom. The fourth-order valence-corrected chi connectivity index (χ4v) is 2.47. The maximum absolute atomic E-state index is 12.2. The Morgan fingerprint density at radius 2 is 1.96 bits per heavy atom. The van der Waals surface area contributed by atoms with E-state index in [4.69, 9.17) is 9.31 Å². The molecule has 134 valence electrons. The molecule has 0 saturated carbocycles. The fourth-order valence-electron chi connectivity index (χ4n) is 2.47. The van der Waals surface area contributed by atoms with E-state index in [1.54, 1.807) is 29.2 Å². The molecule has 5 nitrogen and oxygen atoms in total. The second-order valence-corrected chi connectivity index (χ2v) is 6.49. The number of benzene rings is 1. The van der Waals surface area contributed by atoms with Crippen LogP contribution in [0.25, 0.3) is 0 Å². The Balaban J connectivity index is 1.64. The molecule has 1 saturated heterocycles. The Morgan fingerprint density at radius 3 is 2.52 bits per heavy atom. The van der Waals surface area contributed by atoms with E-state index in [-0.39, 0.29) is 17.5 Å². The average molecular weight is 354 g/mol. The predicted molar refractivity (Wildman–Crippen MR) is 85.6 cm³/mol. The van der Waals surface area contributed by atoms with Crippen molar-refractivity contribution < 1.29 is 27.2 Å². The highest BCUT2D eigenvalue weighted by molar-refractivity contribution is 6.61. The third kappa shape index (κ3) is 4.35. The van der Waals surface area contributed by atoms with Crippen LogP contribution in [0.3, 0.4) is 0 Å². The Kier molecular flexibility index (Phi) is 4.55. The van der Waals surface area contributed by atoms with Gasteiger partial charge in [0, 0.05) is 17.9 Å². The number of aromatic nitrogens is 2. The second-order valence-electron chi connectivity index (χ2n) is 6.49. The summed E-state index contributed by atoms with van der Waals surface area (Å²) in [5.41, 5.74) is 1.22. The van der Waals surface area contributed by atoms with Crippen molar-refractivity contribution in [1.82, 2.24) is 9.78 Å². The first-order chi connectivity index (χ1) is 11.6. The molecular weight excluding hydrogens is 336 g/mol. The highest BCUT2D eigenvalue weighted by Crippen LogP contribution is 2.26. The lowest BCUT2D eigenvalue weighted by Crippen LogP contribution is -2.34. The van der Waals surface area contributed by atoms with Crippen LogP contribution in [-0.4, -0.2) is 35.0 Å². The van der Waals surface area contributed by atoms with Crippen molar-refractivity contribution >= 4 is 12.6 Å². The number of alkyl halides is 3. The summed E-state index contributed by atoms with van der Waals surface area (Å²) in [5.74, 6) is -0.249. The largest absolute Gasteiger partial charge is 0.573 e. The average Bonchev–Trinajstić information content (AvgIpc) is 3.05. The lowest BCUT2D eigenvalue weighted by Gasteiger charge is -2.21. The summed E-state index contributed by atoms with van der Waals surface area (Å²) in [6.45, 7) is 6.30. The minimum atomic E-state index is -4.69. The van der Waals surface area contributed by atoms with Gasteiger partial charge < -0.3 is 14.0 Å². The summed E-state index contributed by atoms with van der Waals surface area (Å²) in [6.07, 6.45) is -1.26. The molecule has 25 heavy (non-hydrogen) atoms. The summed E-state index contributed by atoms with van der Waals surface area (Å²) < 4.78 is 53.7. The van der Waals surface area contributed by atoms with Crippen LogP contribution >= 0.6 is 0 Å². The SMILES string of the molecule is CC1OB(c2cnn(Cc3ccc(OC(F)(F)F)cc3)c2)OC1(C)C. The Bertz CT molecular complexity index is 731. The Labute approximate surface area is 143 Å². The molecule has 1 aromatic carbocycles. The summed E-state index contributed by atoms with van der Waals surface area (Å²) in [4.78, 5) is 0. The van der Waals surface area contributed by atoms with Crippen LogP contribution in [0.2, 0.25) is 0 Å². The van der Waals surface area contributed by atoms with Gasteiger partial charge in [0.2, 0.25) is 0 Å². The molecule has 0 spiro atoms. The molecule has 0 N–H and O–H groups in total. The van der Waals surface area contributed by atoms with Crippen molar-refractivity contribution in [2.75, 3.05) is 0 Å². The molecule has 2 aromatic rings. The molecule has 0 bridgehead atoms.